The predicted octanol–water partition coefficient (Wildman–Crippen LogP) is 2.09. The van der Waals surface area contributed by atoms with E-state index in [1.165, 1.54) is 44.3 Å². The average Bonchev–Trinajstić information content (AvgIpc) is 2.69. The SMILES string of the molecule is Cc1ccc(C)c(NC(=O)CC[NH+]2CCCCCC2)c1. The summed E-state index contributed by atoms with van der Waals surface area (Å²) in [5.74, 6) is 0.149. The molecule has 0 spiro atoms. The number of hydrogen-bond donors (Lipinski definition) is 2. The summed E-state index contributed by atoms with van der Waals surface area (Å²) in [7, 11) is 0. The number of likely N-dealkylation sites (tertiary alicyclic amines) is 1. The van der Waals surface area contributed by atoms with Gasteiger partial charge in [-0.3, -0.25) is 4.79 Å². The van der Waals surface area contributed by atoms with E-state index in [1.54, 1.807) is 4.90 Å². The number of carbonyl (C=O) groups is 1. The normalized spacial score (nSPS) is 16.7. The molecular weight excluding hydrogens is 248 g/mol. The maximum absolute atomic E-state index is 12.1. The van der Waals surface area contributed by atoms with Crippen molar-refractivity contribution in [2.75, 3.05) is 25.0 Å². The summed E-state index contributed by atoms with van der Waals surface area (Å²) in [6.07, 6.45) is 5.97. The fourth-order valence-corrected chi connectivity index (χ4v) is 2.85. The molecule has 0 unspecified atom stereocenters. The van der Waals surface area contributed by atoms with E-state index < -0.39 is 0 Å². The largest absolute Gasteiger partial charge is 0.335 e. The number of amides is 1. The molecule has 110 valence electrons. The number of hydrogen-bond acceptors (Lipinski definition) is 1. The van der Waals surface area contributed by atoms with Crippen LogP contribution in [0.15, 0.2) is 18.2 Å². The summed E-state index contributed by atoms with van der Waals surface area (Å²) in [6.45, 7) is 7.52. The van der Waals surface area contributed by atoms with Gasteiger partial charge >= 0.3 is 0 Å². The van der Waals surface area contributed by atoms with Crippen molar-refractivity contribution in [3.05, 3.63) is 29.3 Å². The third-order valence-corrected chi connectivity index (χ3v) is 4.18. The molecule has 1 fully saturated rings. The van der Waals surface area contributed by atoms with Gasteiger partial charge in [0.05, 0.1) is 26.1 Å². The van der Waals surface area contributed by atoms with Crippen molar-refractivity contribution in [2.24, 2.45) is 0 Å². The number of benzene rings is 1. The minimum atomic E-state index is 0.149. The molecule has 2 N–H and O–H groups in total. The number of quaternary nitrogens is 1. The van der Waals surface area contributed by atoms with Crippen molar-refractivity contribution in [3.8, 4) is 0 Å². The van der Waals surface area contributed by atoms with Crippen LogP contribution in [0.2, 0.25) is 0 Å². The summed E-state index contributed by atoms with van der Waals surface area (Å²) in [5, 5.41) is 3.05. The van der Waals surface area contributed by atoms with Gasteiger partial charge < -0.3 is 10.2 Å². The van der Waals surface area contributed by atoms with E-state index in [-0.39, 0.29) is 5.91 Å². The molecule has 1 aliphatic heterocycles. The number of anilines is 1. The first-order valence-corrected chi connectivity index (χ1v) is 7.86. The highest BCUT2D eigenvalue weighted by atomic mass is 16.1. The van der Waals surface area contributed by atoms with E-state index in [2.05, 4.69) is 24.4 Å². The Bertz CT molecular complexity index is 448. The van der Waals surface area contributed by atoms with Crippen molar-refractivity contribution < 1.29 is 9.69 Å². The quantitative estimate of drug-likeness (QED) is 0.867. The zero-order valence-electron chi connectivity index (χ0n) is 12.8. The fourth-order valence-electron chi connectivity index (χ4n) is 2.85. The highest BCUT2D eigenvalue weighted by molar-refractivity contribution is 5.91. The highest BCUT2D eigenvalue weighted by Gasteiger charge is 2.14. The van der Waals surface area contributed by atoms with Crippen molar-refractivity contribution >= 4 is 11.6 Å². The second-order valence-electron chi connectivity index (χ2n) is 6.03. The summed E-state index contributed by atoms with van der Waals surface area (Å²) < 4.78 is 0. The fraction of sp³-hybridized carbons (Fsp3) is 0.588. The lowest BCUT2D eigenvalue weighted by molar-refractivity contribution is -0.898. The molecular formula is C17H27N2O+. The van der Waals surface area contributed by atoms with Crippen LogP contribution in [0, 0.1) is 13.8 Å². The number of rotatable bonds is 4. The Hall–Kier alpha value is -1.35. The van der Waals surface area contributed by atoms with Crippen LogP contribution in [0.1, 0.15) is 43.2 Å². The monoisotopic (exact) mass is 275 g/mol. The molecule has 2 rings (SSSR count). The van der Waals surface area contributed by atoms with Gasteiger partial charge in [-0.05, 0) is 56.7 Å². The lowest BCUT2D eigenvalue weighted by Crippen LogP contribution is -3.12. The minimum Gasteiger partial charge on any atom is -0.335 e. The highest BCUT2D eigenvalue weighted by Crippen LogP contribution is 2.16. The van der Waals surface area contributed by atoms with Crippen molar-refractivity contribution in [1.82, 2.24) is 0 Å². The molecule has 1 saturated heterocycles. The molecule has 0 aromatic heterocycles. The molecule has 1 amide bonds. The van der Waals surface area contributed by atoms with Gasteiger partial charge in [0.2, 0.25) is 5.91 Å². The van der Waals surface area contributed by atoms with Crippen LogP contribution in [-0.4, -0.2) is 25.5 Å². The van der Waals surface area contributed by atoms with Gasteiger partial charge in [0.1, 0.15) is 0 Å². The molecule has 20 heavy (non-hydrogen) atoms. The number of aryl methyl sites for hydroxylation is 2. The first-order chi connectivity index (χ1) is 9.65. The Morgan fingerprint density at radius 3 is 2.55 bits per heavy atom. The third kappa shape index (κ3) is 4.64. The van der Waals surface area contributed by atoms with Crippen LogP contribution in [0.3, 0.4) is 0 Å². The maximum atomic E-state index is 12.1. The lowest BCUT2D eigenvalue weighted by Gasteiger charge is -2.17. The summed E-state index contributed by atoms with van der Waals surface area (Å²) >= 11 is 0. The molecule has 3 nitrogen and oxygen atoms in total. The van der Waals surface area contributed by atoms with E-state index in [9.17, 15) is 4.79 Å². The molecule has 0 aliphatic carbocycles. The molecule has 0 bridgehead atoms. The Kier molecular flexibility index (Phi) is 5.60. The van der Waals surface area contributed by atoms with Gasteiger partial charge in [0, 0.05) is 5.69 Å². The first kappa shape index (κ1) is 15.0. The van der Waals surface area contributed by atoms with Gasteiger partial charge in [-0.15, -0.1) is 0 Å². The van der Waals surface area contributed by atoms with E-state index in [0.717, 1.165) is 17.8 Å². The van der Waals surface area contributed by atoms with Crippen LogP contribution in [0.25, 0.3) is 0 Å². The molecule has 1 aliphatic rings. The van der Waals surface area contributed by atoms with Crippen LogP contribution >= 0.6 is 0 Å². The van der Waals surface area contributed by atoms with Gasteiger partial charge in [-0.2, -0.15) is 0 Å². The summed E-state index contributed by atoms with van der Waals surface area (Å²) in [6, 6.07) is 6.18. The zero-order chi connectivity index (χ0) is 14.4. The molecule has 0 atom stereocenters. The van der Waals surface area contributed by atoms with Gasteiger partial charge in [-0.25, -0.2) is 0 Å². The third-order valence-electron chi connectivity index (χ3n) is 4.18. The standard InChI is InChI=1S/C17H26N2O/c1-14-7-8-15(2)16(13-14)18-17(20)9-12-19-10-5-3-4-6-11-19/h7-8,13H,3-6,9-12H2,1-2H3,(H,18,20)/p+1. The van der Waals surface area contributed by atoms with Crippen molar-refractivity contribution in [2.45, 2.75) is 46.0 Å². The summed E-state index contributed by atoms with van der Waals surface area (Å²) in [5.41, 5.74) is 3.27. The van der Waals surface area contributed by atoms with Crippen molar-refractivity contribution in [1.29, 1.82) is 0 Å². The Labute approximate surface area is 122 Å². The Morgan fingerprint density at radius 2 is 1.85 bits per heavy atom. The number of carbonyl (C=O) groups excluding carboxylic acids is 1. The lowest BCUT2D eigenvalue weighted by atomic mass is 10.1. The van der Waals surface area contributed by atoms with Gasteiger partial charge in [-0.1, -0.05) is 12.1 Å². The van der Waals surface area contributed by atoms with Crippen molar-refractivity contribution in [3.63, 3.8) is 0 Å². The second kappa shape index (κ2) is 7.44. The minimum absolute atomic E-state index is 0.149. The van der Waals surface area contributed by atoms with E-state index in [4.69, 9.17) is 0 Å². The Morgan fingerprint density at radius 1 is 1.15 bits per heavy atom. The van der Waals surface area contributed by atoms with E-state index >= 15 is 0 Å². The molecule has 0 saturated carbocycles. The van der Waals surface area contributed by atoms with Crippen LogP contribution in [0.4, 0.5) is 5.69 Å². The Balaban J connectivity index is 1.81. The van der Waals surface area contributed by atoms with Gasteiger partial charge in [0.25, 0.3) is 0 Å². The maximum Gasteiger partial charge on any atom is 0.230 e. The smallest absolute Gasteiger partial charge is 0.230 e. The molecule has 1 aromatic rings. The van der Waals surface area contributed by atoms with Crippen LogP contribution < -0.4 is 10.2 Å². The molecule has 1 aromatic carbocycles. The van der Waals surface area contributed by atoms with Crippen LogP contribution in [-0.2, 0) is 4.79 Å². The number of nitrogens with one attached hydrogen (secondary N) is 2. The summed E-state index contributed by atoms with van der Waals surface area (Å²) in [4.78, 5) is 13.7. The second-order valence-corrected chi connectivity index (χ2v) is 6.03. The zero-order valence-corrected chi connectivity index (χ0v) is 12.8. The van der Waals surface area contributed by atoms with E-state index in [0.29, 0.717) is 6.42 Å². The van der Waals surface area contributed by atoms with Gasteiger partial charge in [0.15, 0.2) is 0 Å². The van der Waals surface area contributed by atoms with Crippen LogP contribution in [0.5, 0.6) is 0 Å². The molecule has 0 radical (unpaired) electrons. The molecule has 3 heteroatoms. The topological polar surface area (TPSA) is 33.5 Å². The molecule has 1 heterocycles. The predicted molar refractivity (Wildman–Crippen MR) is 83.2 cm³/mol. The van der Waals surface area contributed by atoms with E-state index in [1.807, 2.05) is 13.0 Å². The average molecular weight is 275 g/mol. The first-order valence-electron chi connectivity index (χ1n) is 7.86.